The van der Waals surface area contributed by atoms with E-state index in [0.717, 1.165) is 49.3 Å². The van der Waals surface area contributed by atoms with Gasteiger partial charge in [-0.3, -0.25) is 14.2 Å². The first-order valence-electron chi connectivity index (χ1n) is 10.5. The molecule has 0 saturated carbocycles. The minimum atomic E-state index is -0.452. The molecule has 1 aromatic carbocycles. The van der Waals surface area contributed by atoms with Crippen LogP contribution < -0.4 is 5.56 Å². The van der Waals surface area contributed by atoms with Gasteiger partial charge in [-0.25, -0.2) is 9.78 Å². The second-order valence-electron chi connectivity index (χ2n) is 7.73. The summed E-state index contributed by atoms with van der Waals surface area (Å²) in [6, 6.07) is 9.79. The highest BCUT2D eigenvalue weighted by atomic mass is 32.1. The fourth-order valence-corrected chi connectivity index (χ4v) is 4.86. The van der Waals surface area contributed by atoms with E-state index in [-0.39, 0.29) is 24.6 Å². The van der Waals surface area contributed by atoms with E-state index in [1.807, 2.05) is 30.3 Å². The summed E-state index contributed by atoms with van der Waals surface area (Å²) in [5, 5.41) is 0.383. The third-order valence-electron chi connectivity index (χ3n) is 5.58. The van der Waals surface area contributed by atoms with Gasteiger partial charge in [0.25, 0.3) is 5.56 Å². The van der Waals surface area contributed by atoms with Gasteiger partial charge >= 0.3 is 5.97 Å². The van der Waals surface area contributed by atoms with Crippen molar-refractivity contribution in [3.05, 3.63) is 63.0 Å². The fourth-order valence-electron chi connectivity index (χ4n) is 3.83. The maximum atomic E-state index is 13.0. The highest BCUT2D eigenvalue weighted by Crippen LogP contribution is 2.27. The molecule has 7 nitrogen and oxygen atoms in total. The summed E-state index contributed by atoms with van der Waals surface area (Å²) in [7, 11) is 0. The lowest BCUT2D eigenvalue weighted by Crippen LogP contribution is -2.39. The van der Waals surface area contributed by atoms with Crippen molar-refractivity contribution in [1.82, 2.24) is 14.5 Å². The summed E-state index contributed by atoms with van der Waals surface area (Å²) in [4.78, 5) is 45.2. The predicted octanol–water partition coefficient (Wildman–Crippen LogP) is 3.18. The maximum Gasteiger partial charge on any atom is 0.348 e. The topological polar surface area (TPSA) is 81.5 Å². The molecule has 2 aromatic heterocycles. The van der Waals surface area contributed by atoms with E-state index in [1.54, 1.807) is 11.8 Å². The molecule has 0 N–H and O–H groups in total. The lowest BCUT2D eigenvalue weighted by Gasteiger charge is -2.26. The Kier molecular flexibility index (Phi) is 6.46. The number of fused-ring (bicyclic) bond motifs is 1. The number of hydrogen-bond donors (Lipinski definition) is 0. The van der Waals surface area contributed by atoms with Crippen LogP contribution in [0.15, 0.2) is 41.5 Å². The number of esters is 1. The Bertz CT molecular complexity index is 1150. The summed E-state index contributed by atoms with van der Waals surface area (Å²) in [5.41, 5.74) is 1.35. The molecule has 3 aromatic rings. The van der Waals surface area contributed by atoms with Crippen molar-refractivity contribution >= 4 is 33.4 Å². The highest BCUT2D eigenvalue weighted by Gasteiger charge is 2.22. The maximum absolute atomic E-state index is 13.0. The molecular weight excluding hydrogens is 414 g/mol. The first-order valence-corrected chi connectivity index (χ1v) is 11.3. The number of aryl methyl sites for hydroxylation is 1. The molecule has 1 amide bonds. The Morgan fingerprint density at radius 3 is 2.61 bits per heavy atom. The van der Waals surface area contributed by atoms with Crippen molar-refractivity contribution in [2.24, 2.45) is 0 Å². The summed E-state index contributed by atoms with van der Waals surface area (Å²) < 4.78 is 6.77. The van der Waals surface area contributed by atoms with Gasteiger partial charge < -0.3 is 9.64 Å². The average Bonchev–Trinajstić information content (AvgIpc) is 3.14. The first-order chi connectivity index (χ1) is 15.0. The van der Waals surface area contributed by atoms with Crippen molar-refractivity contribution < 1.29 is 14.3 Å². The Labute approximate surface area is 184 Å². The van der Waals surface area contributed by atoms with Gasteiger partial charge in [-0.05, 0) is 37.3 Å². The number of rotatable bonds is 6. The number of carbonyl (C=O) groups is 2. The van der Waals surface area contributed by atoms with Crippen LogP contribution in [0.4, 0.5) is 0 Å². The zero-order chi connectivity index (χ0) is 21.8. The third-order valence-corrected chi connectivity index (χ3v) is 6.76. The van der Waals surface area contributed by atoms with Crippen LogP contribution in [-0.4, -0.2) is 46.0 Å². The van der Waals surface area contributed by atoms with Gasteiger partial charge in [0.05, 0.1) is 18.3 Å². The summed E-state index contributed by atoms with van der Waals surface area (Å²) in [5.74, 6) is -0.525. The number of ether oxygens (including phenoxy) is 1. The smallest absolute Gasteiger partial charge is 0.348 e. The number of hydrogen-bond acceptors (Lipinski definition) is 6. The van der Waals surface area contributed by atoms with E-state index < -0.39 is 5.97 Å². The van der Waals surface area contributed by atoms with Crippen molar-refractivity contribution in [2.45, 2.75) is 39.2 Å². The van der Waals surface area contributed by atoms with Gasteiger partial charge in [0.15, 0.2) is 0 Å². The van der Waals surface area contributed by atoms with Gasteiger partial charge in [-0.1, -0.05) is 30.3 Å². The summed E-state index contributed by atoms with van der Waals surface area (Å²) >= 11 is 1.15. The Hall–Kier alpha value is -3.00. The van der Waals surface area contributed by atoms with Crippen molar-refractivity contribution in [2.75, 3.05) is 19.7 Å². The number of nitrogens with zero attached hydrogens (tertiary/aromatic N) is 3. The lowest BCUT2D eigenvalue weighted by atomic mass is 10.1. The van der Waals surface area contributed by atoms with E-state index in [9.17, 15) is 14.4 Å². The zero-order valence-electron chi connectivity index (χ0n) is 17.5. The van der Waals surface area contributed by atoms with Gasteiger partial charge in [0, 0.05) is 19.5 Å². The van der Waals surface area contributed by atoms with Gasteiger partial charge in [0.1, 0.15) is 16.3 Å². The first kappa shape index (κ1) is 21.2. The normalized spacial score (nSPS) is 14.0. The third kappa shape index (κ3) is 4.69. The van der Waals surface area contributed by atoms with Crippen LogP contribution in [0.2, 0.25) is 0 Å². The Balaban J connectivity index is 1.49. The molecular formula is C23H25N3O4S. The van der Waals surface area contributed by atoms with Crippen molar-refractivity contribution in [3.63, 3.8) is 0 Å². The number of piperidine rings is 1. The van der Waals surface area contributed by atoms with Crippen LogP contribution in [0.3, 0.4) is 0 Å². The minimum absolute atomic E-state index is 0.0338. The van der Waals surface area contributed by atoms with Crippen LogP contribution in [-0.2, 0) is 22.5 Å². The van der Waals surface area contributed by atoms with Crippen molar-refractivity contribution in [3.8, 4) is 0 Å². The van der Waals surface area contributed by atoms with E-state index >= 15 is 0 Å². The molecule has 0 aliphatic carbocycles. The Morgan fingerprint density at radius 1 is 1.13 bits per heavy atom. The number of aromatic nitrogens is 2. The molecule has 4 rings (SSSR count). The quantitative estimate of drug-likeness (QED) is 0.551. The molecule has 1 fully saturated rings. The number of likely N-dealkylation sites (tertiary alicyclic amines) is 1. The molecule has 0 spiro atoms. The molecule has 1 saturated heterocycles. The van der Waals surface area contributed by atoms with Crippen LogP contribution in [0.5, 0.6) is 0 Å². The van der Waals surface area contributed by atoms with Gasteiger partial charge in [-0.2, -0.15) is 0 Å². The molecule has 3 heterocycles. The van der Waals surface area contributed by atoms with Crippen LogP contribution >= 0.6 is 11.3 Å². The largest absolute Gasteiger partial charge is 0.461 e. The number of thiophene rings is 1. The molecule has 162 valence electrons. The summed E-state index contributed by atoms with van der Waals surface area (Å²) in [6.07, 6.45) is 5.15. The van der Waals surface area contributed by atoms with E-state index in [4.69, 9.17) is 4.74 Å². The molecule has 1 aliphatic heterocycles. The second-order valence-corrected chi connectivity index (χ2v) is 8.73. The monoisotopic (exact) mass is 439 g/mol. The van der Waals surface area contributed by atoms with Crippen LogP contribution in [0.1, 0.15) is 40.1 Å². The standard InChI is InChI=1S/C23H25N3O4S/c1-16-19-21(31-20(16)23(29)30-13-10-17-8-4-2-5-9-17)24-15-26(22(19)28)14-18(27)25-11-6-3-7-12-25/h2,4-5,8-9,15H,3,6-7,10-14H2,1H3. The van der Waals surface area contributed by atoms with E-state index in [1.165, 1.54) is 10.9 Å². The SMILES string of the molecule is Cc1c(C(=O)OCCc2ccccc2)sc2ncn(CC(=O)N3CCCCC3)c(=O)c12. The molecule has 0 bridgehead atoms. The molecule has 0 unspecified atom stereocenters. The minimum Gasteiger partial charge on any atom is -0.461 e. The Morgan fingerprint density at radius 2 is 1.87 bits per heavy atom. The number of carbonyl (C=O) groups excluding carboxylic acids is 2. The van der Waals surface area contributed by atoms with Gasteiger partial charge in [-0.15, -0.1) is 11.3 Å². The number of amides is 1. The molecule has 1 aliphatic rings. The molecule has 0 atom stereocenters. The highest BCUT2D eigenvalue weighted by molar-refractivity contribution is 7.20. The van der Waals surface area contributed by atoms with Crippen LogP contribution in [0.25, 0.3) is 10.2 Å². The van der Waals surface area contributed by atoms with Crippen molar-refractivity contribution in [1.29, 1.82) is 0 Å². The second kappa shape index (κ2) is 9.43. The lowest BCUT2D eigenvalue weighted by molar-refractivity contribution is -0.132. The van der Waals surface area contributed by atoms with Gasteiger partial charge in [0.2, 0.25) is 5.91 Å². The van der Waals surface area contributed by atoms with E-state index in [0.29, 0.717) is 27.1 Å². The molecule has 8 heteroatoms. The average molecular weight is 440 g/mol. The molecule has 31 heavy (non-hydrogen) atoms. The van der Waals surface area contributed by atoms with Crippen LogP contribution in [0, 0.1) is 6.92 Å². The fraction of sp³-hybridized carbons (Fsp3) is 0.391. The number of benzene rings is 1. The predicted molar refractivity (Wildman–Crippen MR) is 119 cm³/mol. The zero-order valence-corrected chi connectivity index (χ0v) is 18.3. The van der Waals surface area contributed by atoms with E-state index in [2.05, 4.69) is 4.98 Å². The summed E-state index contributed by atoms with van der Waals surface area (Å²) in [6.45, 7) is 3.43. The molecule has 0 radical (unpaired) electrons.